The second kappa shape index (κ2) is 3.85. The second-order valence-electron chi connectivity index (χ2n) is 3.06. The van der Waals surface area contributed by atoms with E-state index in [1.54, 1.807) is 18.2 Å². The lowest BCUT2D eigenvalue weighted by Gasteiger charge is -2.02. The van der Waals surface area contributed by atoms with Gasteiger partial charge in [-0.15, -0.1) is 0 Å². The minimum Gasteiger partial charge on any atom is -0.374 e. The molecule has 3 heteroatoms. The summed E-state index contributed by atoms with van der Waals surface area (Å²) >= 11 is 0. The maximum Gasteiger partial charge on any atom is 0.128 e. The Balaban J connectivity index is 1.82. The van der Waals surface area contributed by atoms with Crippen LogP contribution in [0.3, 0.4) is 0 Å². The van der Waals surface area contributed by atoms with Crippen LogP contribution >= 0.6 is 0 Å². The molecule has 0 N–H and O–H groups in total. The van der Waals surface area contributed by atoms with Gasteiger partial charge in [0.1, 0.15) is 11.9 Å². The molecule has 0 spiro atoms. The Kier molecular flexibility index (Phi) is 2.57. The lowest BCUT2D eigenvalue weighted by atomic mass is 10.2. The SMILES string of the molecule is Fc1ccccc1COC[C@H]1CO1. The Morgan fingerprint density at radius 1 is 1.46 bits per heavy atom. The van der Waals surface area contributed by atoms with Crippen LogP contribution in [0.2, 0.25) is 0 Å². The summed E-state index contributed by atoms with van der Waals surface area (Å²) in [4.78, 5) is 0. The van der Waals surface area contributed by atoms with E-state index in [0.717, 1.165) is 6.61 Å². The molecule has 0 radical (unpaired) electrons. The number of epoxide rings is 1. The van der Waals surface area contributed by atoms with Crippen molar-refractivity contribution in [2.45, 2.75) is 12.7 Å². The molecule has 1 fully saturated rings. The van der Waals surface area contributed by atoms with Crippen LogP contribution in [0.4, 0.5) is 4.39 Å². The lowest BCUT2D eigenvalue weighted by Crippen LogP contribution is -2.02. The molecule has 0 unspecified atom stereocenters. The number of hydrogen-bond donors (Lipinski definition) is 0. The fourth-order valence-electron chi connectivity index (χ4n) is 1.08. The maximum atomic E-state index is 13.0. The molecule has 0 bridgehead atoms. The van der Waals surface area contributed by atoms with Gasteiger partial charge in [-0.3, -0.25) is 0 Å². The Morgan fingerprint density at radius 3 is 2.92 bits per heavy atom. The molecule has 2 nitrogen and oxygen atoms in total. The number of halogens is 1. The van der Waals surface area contributed by atoms with Gasteiger partial charge in [0.05, 0.1) is 19.8 Å². The van der Waals surface area contributed by atoms with Gasteiger partial charge in [0, 0.05) is 5.56 Å². The van der Waals surface area contributed by atoms with Crippen molar-refractivity contribution in [3.8, 4) is 0 Å². The Labute approximate surface area is 76.3 Å². The predicted octanol–water partition coefficient (Wildman–Crippen LogP) is 1.74. The molecular formula is C10H11FO2. The zero-order valence-electron chi connectivity index (χ0n) is 7.20. The first-order valence-electron chi connectivity index (χ1n) is 4.29. The van der Waals surface area contributed by atoms with E-state index >= 15 is 0 Å². The van der Waals surface area contributed by atoms with Crippen LogP contribution < -0.4 is 0 Å². The van der Waals surface area contributed by atoms with E-state index in [2.05, 4.69) is 0 Å². The summed E-state index contributed by atoms with van der Waals surface area (Å²) < 4.78 is 23.2. The van der Waals surface area contributed by atoms with Crippen molar-refractivity contribution in [1.82, 2.24) is 0 Å². The average Bonchev–Trinajstić information content (AvgIpc) is 2.92. The topological polar surface area (TPSA) is 21.8 Å². The molecule has 0 amide bonds. The lowest BCUT2D eigenvalue weighted by molar-refractivity contribution is 0.102. The fraction of sp³-hybridized carbons (Fsp3) is 0.400. The largest absolute Gasteiger partial charge is 0.374 e. The van der Waals surface area contributed by atoms with E-state index in [0.29, 0.717) is 18.8 Å². The highest BCUT2D eigenvalue weighted by atomic mass is 19.1. The van der Waals surface area contributed by atoms with E-state index in [4.69, 9.17) is 9.47 Å². The standard InChI is InChI=1S/C10H11FO2/c11-10-4-2-1-3-8(10)5-12-6-9-7-13-9/h1-4,9H,5-7H2/t9-/m0/s1. The van der Waals surface area contributed by atoms with Crippen molar-refractivity contribution in [3.05, 3.63) is 35.6 Å². The summed E-state index contributed by atoms with van der Waals surface area (Å²) in [5, 5.41) is 0. The van der Waals surface area contributed by atoms with Crippen molar-refractivity contribution in [2.24, 2.45) is 0 Å². The van der Waals surface area contributed by atoms with Gasteiger partial charge in [0.25, 0.3) is 0 Å². The fourth-order valence-corrected chi connectivity index (χ4v) is 1.08. The molecular weight excluding hydrogens is 171 g/mol. The zero-order valence-corrected chi connectivity index (χ0v) is 7.20. The van der Waals surface area contributed by atoms with Crippen molar-refractivity contribution >= 4 is 0 Å². The minimum atomic E-state index is -0.209. The van der Waals surface area contributed by atoms with Crippen LogP contribution in [-0.2, 0) is 16.1 Å². The van der Waals surface area contributed by atoms with Gasteiger partial charge in [-0.2, -0.15) is 0 Å². The number of hydrogen-bond acceptors (Lipinski definition) is 2. The zero-order chi connectivity index (χ0) is 9.10. The third-order valence-electron chi connectivity index (χ3n) is 1.92. The van der Waals surface area contributed by atoms with E-state index in [9.17, 15) is 4.39 Å². The molecule has 1 saturated heterocycles. The van der Waals surface area contributed by atoms with E-state index in [1.807, 2.05) is 0 Å². The highest BCUT2D eigenvalue weighted by Gasteiger charge is 2.22. The quantitative estimate of drug-likeness (QED) is 0.661. The molecule has 0 aliphatic carbocycles. The third kappa shape index (κ3) is 2.50. The van der Waals surface area contributed by atoms with Crippen LogP contribution in [0.5, 0.6) is 0 Å². The summed E-state index contributed by atoms with van der Waals surface area (Å²) in [6.07, 6.45) is 0.242. The molecule has 70 valence electrons. The monoisotopic (exact) mass is 182 g/mol. The molecule has 1 aliphatic rings. The molecule has 1 aromatic rings. The van der Waals surface area contributed by atoms with Gasteiger partial charge in [-0.05, 0) is 6.07 Å². The Bertz CT molecular complexity index is 284. The minimum absolute atomic E-state index is 0.209. The molecule has 1 heterocycles. The number of benzene rings is 1. The summed E-state index contributed by atoms with van der Waals surface area (Å²) in [7, 11) is 0. The van der Waals surface area contributed by atoms with Crippen molar-refractivity contribution in [2.75, 3.05) is 13.2 Å². The normalized spacial score (nSPS) is 20.2. The smallest absolute Gasteiger partial charge is 0.128 e. The van der Waals surface area contributed by atoms with Crippen LogP contribution in [0.25, 0.3) is 0 Å². The van der Waals surface area contributed by atoms with E-state index in [-0.39, 0.29) is 11.9 Å². The Hall–Kier alpha value is -0.930. The highest BCUT2D eigenvalue weighted by Crippen LogP contribution is 2.12. The van der Waals surface area contributed by atoms with Gasteiger partial charge in [-0.1, -0.05) is 18.2 Å². The predicted molar refractivity (Wildman–Crippen MR) is 45.8 cm³/mol. The average molecular weight is 182 g/mol. The number of ether oxygens (including phenoxy) is 2. The van der Waals surface area contributed by atoms with Crippen LogP contribution in [0.15, 0.2) is 24.3 Å². The second-order valence-corrected chi connectivity index (χ2v) is 3.06. The van der Waals surface area contributed by atoms with Gasteiger partial charge < -0.3 is 9.47 Å². The van der Waals surface area contributed by atoms with Crippen LogP contribution in [0.1, 0.15) is 5.56 Å². The van der Waals surface area contributed by atoms with Crippen molar-refractivity contribution in [3.63, 3.8) is 0 Å². The maximum absolute atomic E-state index is 13.0. The van der Waals surface area contributed by atoms with Gasteiger partial charge in [0.2, 0.25) is 0 Å². The molecule has 2 rings (SSSR count). The van der Waals surface area contributed by atoms with Crippen molar-refractivity contribution < 1.29 is 13.9 Å². The Morgan fingerprint density at radius 2 is 2.23 bits per heavy atom. The summed E-state index contributed by atoms with van der Waals surface area (Å²) in [6, 6.07) is 6.63. The van der Waals surface area contributed by atoms with Gasteiger partial charge in [0.15, 0.2) is 0 Å². The molecule has 0 aromatic heterocycles. The van der Waals surface area contributed by atoms with Crippen LogP contribution in [0, 0.1) is 5.82 Å². The number of rotatable bonds is 4. The first kappa shape index (κ1) is 8.66. The summed E-state index contributed by atoms with van der Waals surface area (Å²) in [6.45, 7) is 1.66. The van der Waals surface area contributed by atoms with E-state index < -0.39 is 0 Å². The van der Waals surface area contributed by atoms with Crippen molar-refractivity contribution in [1.29, 1.82) is 0 Å². The molecule has 13 heavy (non-hydrogen) atoms. The molecule has 1 aromatic carbocycles. The van der Waals surface area contributed by atoms with Gasteiger partial charge in [-0.25, -0.2) is 4.39 Å². The summed E-state index contributed by atoms with van der Waals surface area (Å²) in [5.41, 5.74) is 0.600. The first-order chi connectivity index (χ1) is 6.36. The first-order valence-corrected chi connectivity index (χ1v) is 4.29. The van der Waals surface area contributed by atoms with Crippen LogP contribution in [-0.4, -0.2) is 19.3 Å². The highest BCUT2D eigenvalue weighted by molar-refractivity contribution is 5.16. The van der Waals surface area contributed by atoms with Gasteiger partial charge >= 0.3 is 0 Å². The van der Waals surface area contributed by atoms with E-state index in [1.165, 1.54) is 6.07 Å². The molecule has 0 saturated carbocycles. The molecule has 1 aliphatic heterocycles. The molecule has 1 atom stereocenters. The summed E-state index contributed by atoms with van der Waals surface area (Å²) in [5.74, 6) is -0.209. The third-order valence-corrected chi connectivity index (χ3v) is 1.92.